The van der Waals surface area contributed by atoms with Crippen LogP contribution in [0.15, 0.2) is 0 Å². The lowest BCUT2D eigenvalue weighted by Crippen LogP contribution is -2.46. The zero-order valence-corrected chi connectivity index (χ0v) is 42.7. The fourth-order valence-corrected chi connectivity index (χ4v) is 14.5. The molecule has 0 aliphatic heterocycles. The maximum Gasteiger partial charge on any atom is 0.255 e. The first-order valence-corrected chi connectivity index (χ1v) is 23.0. The molecule has 4 unspecified atom stereocenters. The predicted molar refractivity (Wildman–Crippen MR) is 257 cm³/mol. The number of hydrogen-bond acceptors (Lipinski definition) is 14. The summed E-state index contributed by atoms with van der Waals surface area (Å²) in [6.45, 7) is -3.44. The Morgan fingerprint density at radius 2 is 0.793 bits per heavy atom. The lowest BCUT2D eigenvalue weighted by Gasteiger charge is -2.31. The third-order valence-electron chi connectivity index (χ3n) is 7.73. The summed E-state index contributed by atoms with van der Waals surface area (Å²) in [6.07, 6.45) is -6.52. The van der Waals surface area contributed by atoms with E-state index in [4.69, 9.17) is 0 Å². The van der Waals surface area contributed by atoms with Crippen LogP contribution < -0.4 is 31.1 Å². The Balaban J connectivity index is 2.68. The summed E-state index contributed by atoms with van der Waals surface area (Å²) >= 11 is 10.5. The minimum Gasteiger partial charge on any atom is -0.396 e. The summed E-state index contributed by atoms with van der Waals surface area (Å²) in [5, 5.41) is 89.6. The number of aliphatic hydroxyl groups excluding tert-OH is 8. The number of nitrogens with zero attached hydrogens (tertiary/aromatic N) is 2. The van der Waals surface area contributed by atoms with Gasteiger partial charge in [0.2, 0.25) is 12.8 Å². The fraction of sp³-hybridized carbons (Fsp3) is 0.438. The van der Waals surface area contributed by atoms with Gasteiger partial charge in [-0.2, -0.15) is 0 Å². The first-order valence-electron chi connectivity index (χ1n) is 16.6. The molecule has 0 saturated carbocycles. The van der Waals surface area contributed by atoms with E-state index in [1.54, 1.807) is 136 Å². The summed E-state index contributed by atoms with van der Waals surface area (Å²) in [4.78, 5) is 80.7. The van der Waals surface area contributed by atoms with Crippen LogP contribution in [-0.2, 0) is 9.59 Å². The molecule has 2 aromatic rings. The third kappa shape index (κ3) is 13.7. The van der Waals surface area contributed by atoms with Gasteiger partial charge in [-0.15, -0.1) is 0 Å². The van der Waals surface area contributed by atoms with Gasteiger partial charge in [-0.25, -0.2) is 0 Å². The molecule has 0 aliphatic carbocycles. The zero-order chi connectivity index (χ0) is 44.0. The molecule has 0 saturated heterocycles. The Labute approximate surface area is 412 Å². The molecule has 20 nitrogen and oxygen atoms in total. The van der Waals surface area contributed by atoms with Crippen molar-refractivity contribution in [1.29, 1.82) is 0 Å². The Kier molecular flexibility index (Phi) is 24.0. The third-order valence-corrected chi connectivity index (χ3v) is 14.1. The molecule has 322 valence electrons. The van der Waals surface area contributed by atoms with Crippen molar-refractivity contribution in [2.24, 2.45) is 0 Å². The van der Waals surface area contributed by atoms with Crippen LogP contribution in [0.3, 0.4) is 0 Å². The number of benzene rings is 2. The average Bonchev–Trinajstić information content (AvgIpc) is 3.15. The second-order valence-electron chi connectivity index (χ2n) is 11.7. The van der Waals surface area contributed by atoms with Crippen LogP contribution in [-0.4, -0.2) is 155 Å². The second-order valence-corrected chi connectivity index (χ2v) is 18.2. The van der Waals surface area contributed by atoms with Gasteiger partial charge >= 0.3 is 0 Å². The maximum absolute atomic E-state index is 13.4. The molecule has 0 spiro atoms. The number of nitrogens with one attached hydrogen (secondary N) is 4. The van der Waals surface area contributed by atoms with E-state index in [0.29, 0.717) is 0 Å². The van der Waals surface area contributed by atoms with E-state index in [1.165, 1.54) is 0 Å². The summed E-state index contributed by atoms with van der Waals surface area (Å²) in [5.41, 5.74) is -0.585. The number of aliphatic hydroxyl groups is 8. The monoisotopic (exact) mass is 1490 g/mol. The number of carbonyl (C=O) groups excluding carboxylic acids is 6. The lowest BCUT2D eigenvalue weighted by atomic mass is 10.0. The van der Waals surface area contributed by atoms with Gasteiger partial charge in [0, 0.05) is 46.3 Å². The van der Waals surface area contributed by atoms with Crippen molar-refractivity contribution in [3.05, 3.63) is 43.7 Å². The highest BCUT2D eigenvalue weighted by atomic mass is 127. The predicted octanol–water partition coefficient (Wildman–Crippen LogP) is -1.03. The Morgan fingerprint density at radius 1 is 0.500 bits per heavy atom. The van der Waals surface area contributed by atoms with Crippen LogP contribution in [0, 0.1) is 21.4 Å². The topological polar surface area (TPSA) is 319 Å². The molecule has 12 N–H and O–H groups in total. The number of anilines is 2. The van der Waals surface area contributed by atoms with Crippen LogP contribution in [0.5, 0.6) is 0 Å². The lowest BCUT2D eigenvalue weighted by molar-refractivity contribution is -0.109. The number of carbonyl (C=O) groups is 6. The summed E-state index contributed by atoms with van der Waals surface area (Å²) in [5.74, 6) is -3.22. The molecular weight excluding hydrogens is 1450 g/mol. The molecular formula is C32H38I6N6O14. The van der Waals surface area contributed by atoms with E-state index < -0.39 is 87.8 Å². The Morgan fingerprint density at radius 3 is 1.05 bits per heavy atom. The highest BCUT2D eigenvalue weighted by molar-refractivity contribution is 14.1. The molecule has 0 aliphatic rings. The van der Waals surface area contributed by atoms with Crippen molar-refractivity contribution in [2.45, 2.75) is 37.5 Å². The minimum atomic E-state index is -1.84. The zero-order valence-electron chi connectivity index (χ0n) is 29.7. The molecule has 26 heteroatoms. The molecule has 0 aromatic heterocycles. The maximum atomic E-state index is 13.4. The molecule has 4 atom stereocenters. The van der Waals surface area contributed by atoms with E-state index in [2.05, 4.69) is 21.3 Å². The highest BCUT2D eigenvalue weighted by Gasteiger charge is 2.35. The highest BCUT2D eigenvalue weighted by Crippen LogP contribution is 2.39. The van der Waals surface area contributed by atoms with Crippen LogP contribution in [0.4, 0.5) is 11.4 Å². The summed E-state index contributed by atoms with van der Waals surface area (Å²) in [6, 6.07) is 0. The molecule has 0 heterocycles. The molecule has 0 radical (unpaired) electrons. The van der Waals surface area contributed by atoms with E-state index in [9.17, 15) is 69.6 Å². The van der Waals surface area contributed by atoms with Crippen LogP contribution in [0.1, 0.15) is 54.3 Å². The van der Waals surface area contributed by atoms with Crippen LogP contribution in [0.2, 0.25) is 0 Å². The minimum absolute atomic E-state index is 0.0506. The van der Waals surface area contributed by atoms with Crippen molar-refractivity contribution in [3.63, 3.8) is 0 Å². The van der Waals surface area contributed by atoms with E-state index in [0.717, 1.165) is 9.80 Å². The van der Waals surface area contributed by atoms with Gasteiger partial charge in [0.25, 0.3) is 23.6 Å². The van der Waals surface area contributed by atoms with Gasteiger partial charge < -0.3 is 71.9 Å². The summed E-state index contributed by atoms with van der Waals surface area (Å²) in [7, 11) is 0. The SMILES string of the molecule is O=CN(CC(O)C(O)CN(C=O)c1c(I)c(C(=O)NCCO)c(I)c(C(=O)NC(O)CCO)c1I)c1c(I)c(C(=O)NCCO)c(I)c(C(=O)NC(O)CCO)c1I. The van der Waals surface area contributed by atoms with Crippen LogP contribution >= 0.6 is 136 Å². The number of hydrogen-bond donors (Lipinski definition) is 12. The van der Waals surface area contributed by atoms with Crippen molar-refractivity contribution >= 4 is 183 Å². The van der Waals surface area contributed by atoms with Crippen molar-refractivity contribution in [1.82, 2.24) is 21.3 Å². The van der Waals surface area contributed by atoms with E-state index >= 15 is 0 Å². The van der Waals surface area contributed by atoms with E-state index in [1.807, 2.05) is 0 Å². The van der Waals surface area contributed by atoms with Crippen molar-refractivity contribution < 1.29 is 69.6 Å². The summed E-state index contributed by atoms with van der Waals surface area (Å²) < 4.78 is 0.646. The first kappa shape index (κ1) is 53.5. The first-order chi connectivity index (χ1) is 27.4. The molecule has 2 rings (SSSR count). The Bertz CT molecular complexity index is 1720. The number of halogens is 6. The fourth-order valence-electron chi connectivity index (χ4n) is 4.98. The molecule has 6 amide bonds. The van der Waals surface area contributed by atoms with Gasteiger partial charge in [0.1, 0.15) is 12.5 Å². The van der Waals surface area contributed by atoms with Crippen molar-refractivity contribution in [3.8, 4) is 0 Å². The normalized spacial score (nSPS) is 13.1. The quantitative estimate of drug-likeness (QED) is 0.0360. The standard InChI is InChI=1S/C32H38I6N6O14/c33-21-17(29(55)39-3-7-47)23(35)27(25(37)19(21)31(57)41-15(53)1-5-45)43(11-49)9-13(51)14(52)10-44(12-50)28-24(36)18(30(56)40-4-8-48)22(34)20(26(28)38)32(58)42-16(54)2-6-46/h11-16,45-48,51-54H,1-10H2,(H,39,55)(H,40,56)(H,41,57)(H,42,58). The molecule has 0 fully saturated rings. The number of amides is 6. The van der Waals surface area contributed by atoms with Gasteiger partial charge in [0.05, 0.1) is 86.4 Å². The van der Waals surface area contributed by atoms with Gasteiger partial charge in [-0.05, 0) is 136 Å². The molecule has 0 bridgehead atoms. The molecule has 58 heavy (non-hydrogen) atoms. The largest absolute Gasteiger partial charge is 0.396 e. The second kappa shape index (κ2) is 26.1. The smallest absolute Gasteiger partial charge is 0.255 e. The van der Waals surface area contributed by atoms with Gasteiger partial charge in [-0.3, -0.25) is 28.8 Å². The van der Waals surface area contributed by atoms with Gasteiger partial charge in [-0.1, -0.05) is 0 Å². The number of rotatable bonds is 23. The Hall–Kier alpha value is -0.680. The van der Waals surface area contributed by atoms with Crippen molar-refractivity contribution in [2.75, 3.05) is 62.4 Å². The van der Waals surface area contributed by atoms with E-state index in [-0.39, 0.29) is 93.8 Å². The van der Waals surface area contributed by atoms with Gasteiger partial charge in [0.15, 0.2) is 0 Å². The molecule has 2 aromatic carbocycles. The average molecular weight is 1490 g/mol. The van der Waals surface area contributed by atoms with Crippen LogP contribution in [0.25, 0.3) is 0 Å².